The van der Waals surface area contributed by atoms with Crippen LogP contribution in [-0.2, 0) is 14.3 Å². The molecule has 1 amide bonds. The molecule has 0 radical (unpaired) electrons. The van der Waals surface area contributed by atoms with Crippen LogP contribution < -0.4 is 10.6 Å². The predicted molar refractivity (Wildman–Crippen MR) is 189 cm³/mol. The van der Waals surface area contributed by atoms with Crippen LogP contribution in [0.5, 0.6) is 0 Å². The third-order valence-corrected chi connectivity index (χ3v) is 13.2. The van der Waals surface area contributed by atoms with Gasteiger partial charge >= 0.3 is 0 Å². The maximum Gasteiger partial charge on any atom is 0.256 e. The molecule has 2 N–H and O–H groups in total. The van der Waals surface area contributed by atoms with Crippen LogP contribution >= 0.6 is 0 Å². The summed E-state index contributed by atoms with van der Waals surface area (Å²) in [5, 5.41) is 6.50. The van der Waals surface area contributed by atoms with Gasteiger partial charge in [-0.25, -0.2) is 4.39 Å². The fourth-order valence-corrected chi connectivity index (χ4v) is 10.3. The summed E-state index contributed by atoms with van der Waals surface area (Å²) in [5.74, 6) is -2.62. The number of fused-ring (bicyclic) bond motifs is 4. The number of carbonyl (C=O) groups excluding carboxylic acids is 4. The number of amides is 1. The topological polar surface area (TPSA) is 115 Å². The van der Waals surface area contributed by atoms with Gasteiger partial charge in [-0.2, -0.15) is 0 Å². The summed E-state index contributed by atoms with van der Waals surface area (Å²) in [7, 11) is 4.26. The molecule has 0 bridgehead atoms. The van der Waals surface area contributed by atoms with E-state index in [9.17, 15) is 19.2 Å². The number of ketones is 3. The van der Waals surface area contributed by atoms with Crippen LogP contribution in [0.4, 0.5) is 4.39 Å². The number of hydrogen-bond donors (Lipinski definition) is 2. The number of nitrogens with zero attached hydrogens (tertiary/aromatic N) is 4. The number of carbonyl (C=O) groups is 4. The predicted octanol–water partition coefficient (Wildman–Crippen LogP) is 1.92. The first-order valence-electron chi connectivity index (χ1n) is 19.3. The summed E-state index contributed by atoms with van der Waals surface area (Å²) in [4.78, 5) is 64.6. The van der Waals surface area contributed by atoms with E-state index in [0.717, 1.165) is 58.5 Å². The van der Waals surface area contributed by atoms with Crippen LogP contribution in [0.3, 0.4) is 0 Å². The summed E-state index contributed by atoms with van der Waals surface area (Å²) < 4.78 is 23.2. The van der Waals surface area contributed by atoms with Crippen LogP contribution in [0.15, 0.2) is 36.0 Å². The molecule has 10 unspecified atom stereocenters. The number of benzene rings is 1. The van der Waals surface area contributed by atoms with Gasteiger partial charge in [-0.15, -0.1) is 0 Å². The number of rotatable bonds is 9. The molecule has 1 aromatic carbocycles. The third kappa shape index (κ3) is 6.49. The van der Waals surface area contributed by atoms with Gasteiger partial charge in [0.25, 0.3) is 5.91 Å². The van der Waals surface area contributed by atoms with Gasteiger partial charge < -0.3 is 35.0 Å². The van der Waals surface area contributed by atoms with E-state index in [0.29, 0.717) is 43.1 Å². The second-order valence-electron chi connectivity index (χ2n) is 16.2. The van der Waals surface area contributed by atoms with E-state index < -0.39 is 54.1 Å². The Bertz CT molecular complexity index is 1560. The second kappa shape index (κ2) is 14.4. The van der Waals surface area contributed by atoms with Crippen molar-refractivity contribution in [2.75, 3.05) is 66.5 Å². The molecule has 7 aliphatic rings. The number of hydrogen-bond acceptors (Lipinski definition) is 10. The molecule has 4 heterocycles. The maximum atomic E-state index is 16.4. The summed E-state index contributed by atoms with van der Waals surface area (Å²) in [6, 6.07) is 6.07. The Morgan fingerprint density at radius 3 is 2.33 bits per heavy atom. The molecule has 3 saturated heterocycles. The molecule has 1 aromatic rings. The van der Waals surface area contributed by atoms with E-state index in [1.165, 1.54) is 6.42 Å². The molecule has 3 aliphatic carbocycles. The van der Waals surface area contributed by atoms with Gasteiger partial charge in [-0.3, -0.25) is 19.2 Å². The van der Waals surface area contributed by atoms with Crippen molar-refractivity contribution in [1.29, 1.82) is 0 Å². The number of piperazine rings is 1. The molecule has 11 nitrogen and oxygen atoms in total. The van der Waals surface area contributed by atoms with Gasteiger partial charge in [0.05, 0.1) is 35.9 Å². The Labute approximate surface area is 300 Å². The van der Waals surface area contributed by atoms with E-state index in [1.54, 1.807) is 30.5 Å². The molecule has 0 spiro atoms. The van der Waals surface area contributed by atoms with E-state index in [4.69, 9.17) is 4.74 Å². The molecular formula is C39H53FN6O5. The fourth-order valence-electron chi connectivity index (χ4n) is 10.3. The minimum Gasteiger partial charge on any atom is -0.369 e. The lowest BCUT2D eigenvalue weighted by molar-refractivity contribution is -0.203. The Balaban J connectivity index is 1.04. The van der Waals surface area contributed by atoms with E-state index >= 15 is 4.39 Å². The van der Waals surface area contributed by atoms with Crippen LogP contribution in [0, 0.1) is 17.8 Å². The Hall–Kier alpha value is -3.03. The molecule has 4 aliphatic heterocycles. The first-order valence-corrected chi connectivity index (χ1v) is 19.3. The molecule has 2 saturated carbocycles. The minimum absolute atomic E-state index is 0.00309. The Morgan fingerprint density at radius 2 is 1.63 bits per heavy atom. The number of likely N-dealkylation sites (N-methyl/N-ethyl adjacent to an activating group) is 1. The number of Topliss-reactive ketones (excluding diaryl/α,β-unsaturated/α-hetero) is 3. The fraction of sp³-hybridized carbons (Fsp3) is 0.692. The molecule has 10 atom stereocenters. The normalized spacial score (nSPS) is 37.0. The molecule has 0 aromatic heterocycles. The van der Waals surface area contributed by atoms with E-state index in [2.05, 4.69) is 44.3 Å². The molecule has 5 fully saturated rings. The molecule has 51 heavy (non-hydrogen) atoms. The lowest BCUT2D eigenvalue weighted by Crippen LogP contribution is -2.73. The number of likely N-dealkylation sites (tertiary alicyclic amines) is 1. The Kier molecular flexibility index (Phi) is 9.90. The van der Waals surface area contributed by atoms with E-state index in [-0.39, 0.29) is 35.4 Å². The molecular weight excluding hydrogens is 651 g/mol. The zero-order chi connectivity index (χ0) is 35.4. The first-order chi connectivity index (χ1) is 24.7. The van der Waals surface area contributed by atoms with Crippen molar-refractivity contribution in [3.8, 4) is 0 Å². The van der Waals surface area contributed by atoms with Crippen molar-refractivity contribution in [2.24, 2.45) is 17.8 Å². The van der Waals surface area contributed by atoms with Crippen LogP contribution in [0.25, 0.3) is 0 Å². The van der Waals surface area contributed by atoms with E-state index in [1.807, 2.05) is 0 Å². The standard InChI is InChI=1S/C39H53FN6O5/c1-43-15-17-45(18-16-43)14-6-11-42-39(50)29-22-46-31-20-26-27(36(48)25-9-4-3-8-24(25)35(26)47)21-32(31)51-38-33(30(40)19-28(34(38)46)37(29)49)41-12-10-23-7-5-13-44(23)2/h3-4,8-9,22-23,26-28,30-34,38,41H,5-7,10-21H2,1-2H3,(H,42,50). The van der Waals surface area contributed by atoms with Gasteiger partial charge in [0.1, 0.15) is 6.17 Å². The number of nitrogens with one attached hydrogen (secondary N) is 2. The third-order valence-electron chi connectivity index (χ3n) is 13.2. The van der Waals surface area contributed by atoms with Gasteiger partial charge in [0.2, 0.25) is 0 Å². The lowest BCUT2D eigenvalue weighted by atomic mass is 9.63. The quantitative estimate of drug-likeness (QED) is 0.292. The van der Waals surface area contributed by atoms with Crippen LogP contribution in [0.2, 0.25) is 0 Å². The van der Waals surface area contributed by atoms with Crippen molar-refractivity contribution in [2.45, 2.75) is 87.5 Å². The number of halogens is 1. The average Bonchev–Trinajstić information content (AvgIpc) is 3.55. The van der Waals surface area contributed by atoms with Gasteiger partial charge in [-0.05, 0) is 78.7 Å². The number of morpholine rings is 1. The van der Waals surface area contributed by atoms with Crippen molar-refractivity contribution in [1.82, 2.24) is 30.2 Å². The smallest absolute Gasteiger partial charge is 0.256 e. The van der Waals surface area contributed by atoms with Crippen LogP contribution in [-0.4, -0.2) is 152 Å². The van der Waals surface area contributed by atoms with Crippen molar-refractivity contribution >= 4 is 23.3 Å². The van der Waals surface area contributed by atoms with Gasteiger partial charge in [-0.1, -0.05) is 24.3 Å². The second-order valence-corrected chi connectivity index (χ2v) is 16.2. The Morgan fingerprint density at radius 1 is 0.902 bits per heavy atom. The number of ether oxygens (including phenoxy) is 1. The van der Waals surface area contributed by atoms with Crippen molar-refractivity contribution < 1.29 is 28.3 Å². The van der Waals surface area contributed by atoms with Gasteiger partial charge in [0.15, 0.2) is 17.3 Å². The first kappa shape index (κ1) is 35.0. The average molecular weight is 705 g/mol. The molecule has 8 rings (SSSR count). The highest BCUT2D eigenvalue weighted by Gasteiger charge is 2.61. The summed E-state index contributed by atoms with van der Waals surface area (Å²) in [5.41, 5.74) is 0.978. The lowest BCUT2D eigenvalue weighted by Gasteiger charge is -2.60. The summed E-state index contributed by atoms with van der Waals surface area (Å²) >= 11 is 0. The largest absolute Gasteiger partial charge is 0.369 e. The van der Waals surface area contributed by atoms with Gasteiger partial charge in [0, 0.05) is 73.8 Å². The molecule has 12 heteroatoms. The van der Waals surface area contributed by atoms with Crippen molar-refractivity contribution in [3.63, 3.8) is 0 Å². The monoisotopic (exact) mass is 704 g/mol. The summed E-state index contributed by atoms with van der Waals surface area (Å²) in [6.45, 7) is 7.05. The highest BCUT2D eigenvalue weighted by atomic mass is 19.1. The summed E-state index contributed by atoms with van der Waals surface area (Å²) in [6.07, 6.45) is 3.93. The zero-order valence-corrected chi connectivity index (χ0v) is 30.0. The minimum atomic E-state index is -1.34. The zero-order valence-electron chi connectivity index (χ0n) is 30.0. The maximum absolute atomic E-state index is 16.4. The number of alkyl halides is 1. The molecule has 276 valence electrons. The SMILES string of the molecule is CN1CCN(CCCNC(=O)C2=CN3C4CC5C(=O)c6ccccc6C(=O)C5CC4OC4C(NCCC5CCCN5C)C(F)CC(C2=O)C43)CC1. The van der Waals surface area contributed by atoms with Crippen LogP contribution in [0.1, 0.15) is 65.7 Å². The highest BCUT2D eigenvalue weighted by Crippen LogP contribution is 2.49. The van der Waals surface area contributed by atoms with Crippen molar-refractivity contribution in [3.05, 3.63) is 47.2 Å². The highest BCUT2D eigenvalue weighted by molar-refractivity contribution is 6.20.